The van der Waals surface area contributed by atoms with E-state index >= 15 is 0 Å². The highest BCUT2D eigenvalue weighted by molar-refractivity contribution is 5.81. The van der Waals surface area contributed by atoms with Crippen LogP contribution in [0.25, 0.3) is 0 Å². The summed E-state index contributed by atoms with van der Waals surface area (Å²) in [4.78, 5) is 11.8. The molecule has 0 saturated carbocycles. The van der Waals surface area contributed by atoms with Gasteiger partial charge in [0.05, 0.1) is 13.2 Å². The first-order chi connectivity index (χ1) is 17.4. The number of unbranched alkanes of at least 4 members (excludes halogenated alkanes) is 10. The van der Waals surface area contributed by atoms with Crippen LogP contribution < -0.4 is 0 Å². The molecule has 0 bridgehead atoms. The van der Waals surface area contributed by atoms with Gasteiger partial charge < -0.3 is 39.7 Å². The zero-order valence-corrected chi connectivity index (χ0v) is 21.7. The lowest BCUT2D eigenvalue weighted by Crippen LogP contribution is -2.59. The fourth-order valence-electron chi connectivity index (χ4n) is 3.84. The van der Waals surface area contributed by atoms with Gasteiger partial charge in [0.25, 0.3) is 0 Å². The maximum atomic E-state index is 11.8. The molecule has 5 N–H and O–H groups in total. The Morgan fingerprint density at radius 1 is 0.833 bits per heavy atom. The molecule has 1 fully saturated rings. The minimum absolute atomic E-state index is 0.314. The van der Waals surface area contributed by atoms with Gasteiger partial charge in [-0.25, -0.2) is 4.79 Å². The Morgan fingerprint density at radius 2 is 1.42 bits per heavy atom. The van der Waals surface area contributed by atoms with E-state index < -0.39 is 49.4 Å². The number of hydrogen-bond acceptors (Lipinski definition) is 9. The lowest BCUT2D eigenvalue weighted by atomic mass is 9.99. The molecule has 0 aromatic carbocycles. The van der Waals surface area contributed by atoms with E-state index in [2.05, 4.69) is 19.1 Å². The molecule has 6 atom stereocenters. The van der Waals surface area contributed by atoms with E-state index in [1.165, 1.54) is 51.0 Å². The summed E-state index contributed by atoms with van der Waals surface area (Å²) in [7, 11) is 0. The van der Waals surface area contributed by atoms with Gasteiger partial charge in [0.2, 0.25) is 0 Å². The second kappa shape index (κ2) is 20.7. The van der Waals surface area contributed by atoms with Gasteiger partial charge in [-0.2, -0.15) is 0 Å². The molecule has 0 spiro atoms. The topological polar surface area (TPSA) is 146 Å². The highest BCUT2D eigenvalue weighted by atomic mass is 16.7. The van der Waals surface area contributed by atoms with Crippen LogP contribution in [0.5, 0.6) is 0 Å². The number of hydrogen-bond donors (Lipinski definition) is 5. The van der Waals surface area contributed by atoms with Gasteiger partial charge in [-0.15, -0.1) is 0 Å². The van der Waals surface area contributed by atoms with Crippen molar-refractivity contribution in [2.75, 3.05) is 19.8 Å². The molecule has 1 rings (SSSR count). The molecule has 0 amide bonds. The summed E-state index contributed by atoms with van der Waals surface area (Å²) in [5.41, 5.74) is 0. The minimum Gasteiger partial charge on any atom is -0.460 e. The summed E-state index contributed by atoms with van der Waals surface area (Å²) in [5.74, 6) is -0.570. The van der Waals surface area contributed by atoms with E-state index in [9.17, 15) is 25.2 Å². The third-order valence-electron chi connectivity index (χ3n) is 6.11. The van der Waals surface area contributed by atoms with Crippen molar-refractivity contribution in [1.82, 2.24) is 0 Å². The molecule has 0 radical (unpaired) electrons. The van der Waals surface area contributed by atoms with Crippen LogP contribution in [0.15, 0.2) is 24.3 Å². The molecule has 1 aliphatic heterocycles. The number of ether oxygens (including phenoxy) is 3. The summed E-state index contributed by atoms with van der Waals surface area (Å²) in [6.45, 7) is 1.01. The van der Waals surface area contributed by atoms with E-state index in [4.69, 9.17) is 19.3 Å². The van der Waals surface area contributed by atoms with E-state index in [1.807, 2.05) is 0 Å². The molecule has 1 aliphatic rings. The molecule has 1 saturated heterocycles. The third-order valence-corrected chi connectivity index (χ3v) is 6.11. The zero-order valence-electron chi connectivity index (χ0n) is 21.7. The first-order valence-corrected chi connectivity index (χ1v) is 13.5. The highest BCUT2D eigenvalue weighted by Crippen LogP contribution is 2.22. The lowest BCUT2D eigenvalue weighted by molar-refractivity contribution is -0.304. The maximum absolute atomic E-state index is 11.8. The summed E-state index contributed by atoms with van der Waals surface area (Å²) < 4.78 is 15.4. The van der Waals surface area contributed by atoms with E-state index in [-0.39, 0.29) is 13.2 Å². The summed E-state index contributed by atoms with van der Waals surface area (Å²) in [6, 6.07) is 0. The molecular weight excluding hydrogens is 468 g/mol. The second-order valence-corrected chi connectivity index (χ2v) is 9.38. The Morgan fingerprint density at radius 3 is 2.06 bits per heavy atom. The SMILES string of the molecule is CCCCCCCCC=CCCCCCC=CC(=O)OCC(O)COC1OC(CO)C(O)C(O)C1O. The lowest BCUT2D eigenvalue weighted by Gasteiger charge is -2.39. The molecule has 1 heterocycles. The molecule has 0 aromatic heterocycles. The van der Waals surface area contributed by atoms with E-state index in [0.29, 0.717) is 0 Å². The number of rotatable bonds is 20. The Balaban J connectivity index is 2.03. The molecule has 6 unspecified atom stereocenters. The minimum atomic E-state index is -1.56. The Labute approximate surface area is 215 Å². The number of aliphatic hydroxyl groups is 5. The smallest absolute Gasteiger partial charge is 0.330 e. The highest BCUT2D eigenvalue weighted by Gasteiger charge is 2.44. The van der Waals surface area contributed by atoms with Crippen LogP contribution in [0, 0.1) is 0 Å². The van der Waals surface area contributed by atoms with Crippen molar-refractivity contribution < 1.29 is 44.5 Å². The van der Waals surface area contributed by atoms with Crippen LogP contribution >= 0.6 is 0 Å². The summed E-state index contributed by atoms with van der Waals surface area (Å²) in [6.07, 6.45) is 13.6. The van der Waals surface area contributed by atoms with Crippen LogP contribution in [-0.4, -0.2) is 88.1 Å². The van der Waals surface area contributed by atoms with E-state index in [0.717, 1.165) is 32.1 Å². The van der Waals surface area contributed by atoms with Gasteiger partial charge in [0.15, 0.2) is 6.29 Å². The predicted molar refractivity (Wildman–Crippen MR) is 136 cm³/mol. The Kier molecular flexibility index (Phi) is 18.8. The first kappa shape index (κ1) is 32.7. The van der Waals surface area contributed by atoms with Crippen LogP contribution in [0.2, 0.25) is 0 Å². The van der Waals surface area contributed by atoms with Gasteiger partial charge in [-0.05, 0) is 38.5 Å². The zero-order chi connectivity index (χ0) is 26.6. The van der Waals surface area contributed by atoms with Gasteiger partial charge in [-0.1, -0.05) is 63.7 Å². The Hall–Kier alpha value is -1.33. The number of allylic oxidation sites excluding steroid dienone is 3. The molecule has 9 heteroatoms. The average Bonchev–Trinajstić information content (AvgIpc) is 2.88. The fourth-order valence-corrected chi connectivity index (χ4v) is 3.84. The number of carbonyl (C=O) groups is 1. The molecule has 36 heavy (non-hydrogen) atoms. The van der Waals surface area contributed by atoms with Crippen molar-refractivity contribution in [2.24, 2.45) is 0 Å². The summed E-state index contributed by atoms with van der Waals surface area (Å²) >= 11 is 0. The predicted octanol–water partition coefficient (Wildman–Crippen LogP) is 2.52. The van der Waals surface area contributed by atoms with Gasteiger partial charge in [0, 0.05) is 6.08 Å². The molecule has 0 aromatic rings. The van der Waals surface area contributed by atoms with Crippen molar-refractivity contribution in [3.8, 4) is 0 Å². The van der Waals surface area contributed by atoms with Crippen LogP contribution in [0.4, 0.5) is 0 Å². The summed E-state index contributed by atoms with van der Waals surface area (Å²) in [5, 5.41) is 48.4. The largest absolute Gasteiger partial charge is 0.460 e. The first-order valence-electron chi connectivity index (χ1n) is 13.5. The van der Waals surface area contributed by atoms with Crippen LogP contribution in [-0.2, 0) is 19.0 Å². The monoisotopic (exact) mass is 516 g/mol. The van der Waals surface area contributed by atoms with E-state index in [1.54, 1.807) is 6.08 Å². The number of aliphatic hydroxyl groups excluding tert-OH is 5. The molecule has 210 valence electrons. The van der Waals surface area contributed by atoms with Crippen molar-refractivity contribution in [3.63, 3.8) is 0 Å². The normalized spacial score (nSPS) is 25.6. The third kappa shape index (κ3) is 14.4. The van der Waals surface area contributed by atoms with Crippen LogP contribution in [0.1, 0.15) is 84.0 Å². The molecular formula is C27H48O9. The average molecular weight is 517 g/mol. The van der Waals surface area contributed by atoms with Crippen molar-refractivity contribution in [3.05, 3.63) is 24.3 Å². The fraction of sp³-hybridized carbons (Fsp3) is 0.815. The second-order valence-electron chi connectivity index (χ2n) is 9.38. The standard InChI is InChI=1S/C27H48O9/c1-2-3-4-5-6-7-8-9-10-11-12-13-14-15-16-17-23(30)34-19-21(29)20-35-27-26(33)25(32)24(31)22(18-28)36-27/h9-10,16-17,21-22,24-29,31-33H,2-8,11-15,18-20H2,1H3. The van der Waals surface area contributed by atoms with Gasteiger partial charge in [-0.3, -0.25) is 0 Å². The van der Waals surface area contributed by atoms with Crippen molar-refractivity contribution >= 4 is 5.97 Å². The molecule has 9 nitrogen and oxygen atoms in total. The van der Waals surface area contributed by atoms with Crippen molar-refractivity contribution in [1.29, 1.82) is 0 Å². The van der Waals surface area contributed by atoms with Gasteiger partial charge >= 0.3 is 5.97 Å². The van der Waals surface area contributed by atoms with Gasteiger partial charge in [0.1, 0.15) is 37.1 Å². The van der Waals surface area contributed by atoms with Crippen LogP contribution in [0.3, 0.4) is 0 Å². The number of esters is 1. The molecule has 0 aliphatic carbocycles. The Bertz CT molecular complexity index is 608. The quantitative estimate of drug-likeness (QED) is 0.0713. The number of carbonyl (C=O) groups excluding carboxylic acids is 1. The van der Waals surface area contributed by atoms with Crippen molar-refractivity contribution in [2.45, 2.75) is 121 Å². The maximum Gasteiger partial charge on any atom is 0.330 e.